The van der Waals surface area contributed by atoms with E-state index in [4.69, 9.17) is 14.7 Å². The van der Waals surface area contributed by atoms with E-state index in [2.05, 4.69) is 20.9 Å². The molecule has 1 aliphatic carbocycles. The summed E-state index contributed by atoms with van der Waals surface area (Å²) >= 11 is 0. The highest BCUT2D eigenvalue weighted by Gasteiger charge is 2.29. The Labute approximate surface area is 204 Å². The maximum Gasteiger partial charge on any atom is 0.338 e. The van der Waals surface area contributed by atoms with Gasteiger partial charge in [0.2, 0.25) is 0 Å². The number of methoxy groups -OCH3 is 1. The van der Waals surface area contributed by atoms with E-state index in [1.54, 1.807) is 13.3 Å². The van der Waals surface area contributed by atoms with Gasteiger partial charge in [-0.15, -0.1) is 0 Å². The number of nitrogens with zero attached hydrogens (tertiary/aromatic N) is 4. The number of pyridine rings is 1. The Morgan fingerprint density at radius 2 is 2.09 bits per heavy atom. The smallest absolute Gasteiger partial charge is 0.338 e. The first-order valence-electron chi connectivity index (χ1n) is 11.9. The molecule has 7 heteroatoms. The second kappa shape index (κ2) is 10.2. The predicted molar refractivity (Wildman–Crippen MR) is 137 cm³/mol. The zero-order valence-electron chi connectivity index (χ0n) is 20.1. The summed E-state index contributed by atoms with van der Waals surface area (Å²) in [6.07, 6.45) is 6.74. The van der Waals surface area contributed by atoms with Crippen LogP contribution >= 0.6 is 0 Å². The Kier molecular flexibility index (Phi) is 6.68. The van der Waals surface area contributed by atoms with Crippen LogP contribution in [0, 0.1) is 0 Å². The van der Waals surface area contributed by atoms with Gasteiger partial charge in [-0.1, -0.05) is 30.3 Å². The monoisotopic (exact) mass is 467 g/mol. The van der Waals surface area contributed by atoms with Gasteiger partial charge in [-0.05, 0) is 60.2 Å². The molecule has 2 aromatic carbocycles. The highest BCUT2D eigenvalue weighted by atomic mass is 16.5. The third kappa shape index (κ3) is 4.86. The van der Waals surface area contributed by atoms with Gasteiger partial charge in [-0.25, -0.2) is 9.78 Å². The molecule has 0 radical (unpaired) electrons. The minimum absolute atomic E-state index is 0.121. The number of aliphatic imine (C=N–C) groups is 1. The van der Waals surface area contributed by atoms with Crippen LogP contribution in [0.1, 0.15) is 57.5 Å². The van der Waals surface area contributed by atoms with Gasteiger partial charge in [0.1, 0.15) is 5.82 Å². The summed E-state index contributed by atoms with van der Waals surface area (Å²) in [4.78, 5) is 32.2. The SMILES string of the molecule is CN=Cc1ccc(CN(Cc2nc3ccccc3[nH]2)C2CCCc3cccnc32)c(C(=O)OC)c1. The highest BCUT2D eigenvalue weighted by Crippen LogP contribution is 2.35. The summed E-state index contributed by atoms with van der Waals surface area (Å²) in [7, 11) is 3.13. The first kappa shape index (κ1) is 22.9. The van der Waals surface area contributed by atoms with Gasteiger partial charge in [0.25, 0.3) is 0 Å². The Balaban J connectivity index is 1.55. The maximum absolute atomic E-state index is 12.7. The molecule has 0 saturated carbocycles. The Morgan fingerprint density at radius 3 is 2.91 bits per heavy atom. The van der Waals surface area contributed by atoms with E-state index in [9.17, 15) is 4.79 Å². The molecule has 35 heavy (non-hydrogen) atoms. The number of hydrogen-bond acceptors (Lipinski definition) is 6. The number of carbonyl (C=O) groups is 1. The molecule has 2 aromatic heterocycles. The molecular weight excluding hydrogens is 438 g/mol. The van der Waals surface area contributed by atoms with E-state index in [0.29, 0.717) is 18.7 Å². The highest BCUT2D eigenvalue weighted by molar-refractivity contribution is 5.93. The van der Waals surface area contributed by atoms with Gasteiger partial charge in [0.15, 0.2) is 0 Å². The Bertz CT molecular complexity index is 1340. The van der Waals surface area contributed by atoms with Gasteiger partial charge in [0.05, 0.1) is 42.0 Å². The normalized spacial score (nSPS) is 15.6. The molecule has 0 amide bonds. The van der Waals surface area contributed by atoms with Crippen molar-refractivity contribution in [2.24, 2.45) is 4.99 Å². The average molecular weight is 468 g/mol. The minimum atomic E-state index is -0.350. The summed E-state index contributed by atoms with van der Waals surface area (Å²) in [6.45, 7) is 1.17. The van der Waals surface area contributed by atoms with Crippen molar-refractivity contribution < 1.29 is 9.53 Å². The number of imidazole rings is 1. The lowest BCUT2D eigenvalue weighted by Gasteiger charge is -2.35. The zero-order chi connectivity index (χ0) is 24.2. The zero-order valence-corrected chi connectivity index (χ0v) is 20.1. The minimum Gasteiger partial charge on any atom is -0.465 e. The summed E-state index contributed by atoms with van der Waals surface area (Å²) in [5.41, 5.74) is 6.70. The van der Waals surface area contributed by atoms with Crippen LogP contribution in [0.3, 0.4) is 0 Å². The molecular formula is C28H29N5O2. The second-order valence-corrected chi connectivity index (χ2v) is 8.86. The number of rotatable bonds is 7. The van der Waals surface area contributed by atoms with Gasteiger partial charge in [0, 0.05) is 26.0 Å². The lowest BCUT2D eigenvalue weighted by atomic mass is 9.90. The molecule has 0 spiro atoms. The van der Waals surface area contributed by atoms with Crippen molar-refractivity contribution in [3.8, 4) is 0 Å². The third-order valence-electron chi connectivity index (χ3n) is 6.59. The summed E-state index contributed by atoms with van der Waals surface area (Å²) in [5, 5.41) is 0. The topological polar surface area (TPSA) is 83.5 Å². The first-order valence-corrected chi connectivity index (χ1v) is 11.9. The quantitative estimate of drug-likeness (QED) is 0.310. The van der Waals surface area contributed by atoms with Crippen LogP contribution in [0.5, 0.6) is 0 Å². The fourth-order valence-electron chi connectivity index (χ4n) is 4.97. The maximum atomic E-state index is 12.7. The predicted octanol–water partition coefficient (Wildman–Crippen LogP) is 4.87. The first-order chi connectivity index (χ1) is 17.2. The molecule has 1 atom stereocenters. The molecule has 0 saturated heterocycles. The molecule has 178 valence electrons. The molecule has 4 aromatic rings. The van der Waals surface area contributed by atoms with E-state index in [0.717, 1.165) is 52.9 Å². The van der Waals surface area contributed by atoms with Crippen molar-refractivity contribution >= 4 is 23.2 Å². The van der Waals surface area contributed by atoms with Crippen LogP contribution in [0.4, 0.5) is 0 Å². The van der Waals surface area contributed by atoms with E-state index in [-0.39, 0.29) is 12.0 Å². The standard InChI is InChI=1S/C28H29N5O2/c1-29-16-19-12-13-21(22(15-19)28(34)35-2)17-33(18-26-31-23-9-3-4-10-24(23)32-26)25-11-5-7-20-8-6-14-30-27(20)25/h3-4,6,8-10,12-16,25H,5,7,11,17-18H2,1-2H3,(H,31,32). The fourth-order valence-corrected chi connectivity index (χ4v) is 4.97. The van der Waals surface area contributed by atoms with Crippen molar-refractivity contribution in [1.29, 1.82) is 0 Å². The van der Waals surface area contributed by atoms with Crippen molar-refractivity contribution in [3.05, 3.63) is 94.6 Å². The Hall–Kier alpha value is -3.84. The van der Waals surface area contributed by atoms with Gasteiger partial charge in [-0.2, -0.15) is 0 Å². The largest absolute Gasteiger partial charge is 0.465 e. The van der Waals surface area contributed by atoms with Gasteiger partial charge in [-0.3, -0.25) is 14.9 Å². The third-order valence-corrected chi connectivity index (χ3v) is 6.59. The van der Waals surface area contributed by atoms with Crippen molar-refractivity contribution in [1.82, 2.24) is 19.9 Å². The van der Waals surface area contributed by atoms with Crippen molar-refractivity contribution in [2.45, 2.75) is 38.4 Å². The molecule has 0 bridgehead atoms. The van der Waals surface area contributed by atoms with Gasteiger partial charge < -0.3 is 9.72 Å². The van der Waals surface area contributed by atoms with Crippen molar-refractivity contribution in [3.63, 3.8) is 0 Å². The molecule has 0 aliphatic heterocycles. The number of aromatic nitrogens is 3. The number of benzene rings is 2. The van der Waals surface area contributed by atoms with E-state index >= 15 is 0 Å². The molecule has 1 aliphatic rings. The van der Waals surface area contributed by atoms with Crippen LogP contribution < -0.4 is 0 Å². The number of aromatic amines is 1. The lowest BCUT2D eigenvalue weighted by Crippen LogP contribution is -2.32. The number of esters is 1. The summed E-state index contributed by atoms with van der Waals surface area (Å²) in [6, 6.07) is 18.2. The van der Waals surface area contributed by atoms with Crippen LogP contribution in [-0.2, 0) is 24.2 Å². The van der Waals surface area contributed by atoms with E-state index in [1.165, 1.54) is 12.7 Å². The Morgan fingerprint density at radius 1 is 1.20 bits per heavy atom. The lowest BCUT2D eigenvalue weighted by molar-refractivity contribution is 0.0596. The van der Waals surface area contributed by atoms with Crippen LogP contribution in [0.2, 0.25) is 0 Å². The van der Waals surface area contributed by atoms with E-state index in [1.807, 2.05) is 54.7 Å². The number of hydrogen-bond donors (Lipinski definition) is 1. The van der Waals surface area contributed by atoms with Crippen LogP contribution in [0.25, 0.3) is 11.0 Å². The number of ether oxygens (including phenoxy) is 1. The van der Waals surface area contributed by atoms with Crippen molar-refractivity contribution in [2.75, 3.05) is 14.2 Å². The fraction of sp³-hybridized carbons (Fsp3) is 0.286. The molecule has 7 nitrogen and oxygen atoms in total. The molecule has 2 heterocycles. The number of aryl methyl sites for hydroxylation is 1. The van der Waals surface area contributed by atoms with E-state index < -0.39 is 0 Å². The number of para-hydroxylation sites is 2. The van der Waals surface area contributed by atoms with Crippen LogP contribution in [0.15, 0.2) is 65.8 Å². The average Bonchev–Trinajstić information content (AvgIpc) is 3.31. The number of H-pyrrole nitrogens is 1. The molecule has 5 rings (SSSR count). The summed E-state index contributed by atoms with van der Waals surface area (Å²) < 4.78 is 5.12. The molecule has 1 unspecified atom stereocenters. The summed E-state index contributed by atoms with van der Waals surface area (Å²) in [5.74, 6) is 0.542. The second-order valence-electron chi connectivity index (χ2n) is 8.86. The number of carbonyl (C=O) groups excluding carboxylic acids is 1. The molecule has 1 N–H and O–H groups in total. The molecule has 0 fully saturated rings. The van der Waals surface area contributed by atoms with Gasteiger partial charge >= 0.3 is 5.97 Å². The number of nitrogens with one attached hydrogen (secondary N) is 1. The van der Waals surface area contributed by atoms with Crippen LogP contribution in [-0.4, -0.2) is 46.2 Å². The number of fused-ring (bicyclic) bond motifs is 2.